The van der Waals surface area contributed by atoms with E-state index < -0.39 is 5.97 Å². The molecular weight excluding hydrogens is 436 g/mol. The molecule has 154 valence electrons. The van der Waals surface area contributed by atoms with E-state index in [4.69, 9.17) is 25.5 Å². The first-order chi connectivity index (χ1) is 15.1. The van der Waals surface area contributed by atoms with Crippen LogP contribution in [0.4, 0.5) is 0 Å². The number of nitrogens with zero attached hydrogens (tertiary/aromatic N) is 2. The number of carbonyl (C=O) groups excluding carboxylic acids is 1. The number of furan rings is 1. The van der Waals surface area contributed by atoms with Crippen LogP contribution in [0.5, 0.6) is 5.88 Å². The highest BCUT2D eigenvalue weighted by atomic mass is 35.5. The molecule has 0 fully saturated rings. The highest BCUT2D eigenvalue weighted by Gasteiger charge is 2.19. The Kier molecular flexibility index (Phi) is 6.03. The average Bonchev–Trinajstić information content (AvgIpc) is 3.49. The summed E-state index contributed by atoms with van der Waals surface area (Å²) in [6, 6.07) is 18.0. The molecule has 4 aromatic rings. The summed E-state index contributed by atoms with van der Waals surface area (Å²) in [5.41, 5.74) is 2.73. The van der Waals surface area contributed by atoms with Gasteiger partial charge in [0.15, 0.2) is 0 Å². The van der Waals surface area contributed by atoms with Gasteiger partial charge < -0.3 is 13.9 Å². The summed E-state index contributed by atoms with van der Waals surface area (Å²) in [5.74, 6) is 0.314. The van der Waals surface area contributed by atoms with E-state index in [0.717, 1.165) is 10.4 Å². The number of thiophene rings is 1. The van der Waals surface area contributed by atoms with E-state index in [1.54, 1.807) is 54.8 Å². The number of hydrogen-bond donors (Lipinski definition) is 0. The van der Waals surface area contributed by atoms with Gasteiger partial charge in [0, 0.05) is 5.56 Å². The Morgan fingerprint density at radius 3 is 2.65 bits per heavy atom. The predicted octanol–water partition coefficient (Wildman–Crippen LogP) is 5.96. The van der Waals surface area contributed by atoms with Crippen molar-refractivity contribution in [3.05, 3.63) is 81.9 Å². The Labute approximate surface area is 187 Å². The molecule has 0 radical (unpaired) electrons. The number of esters is 1. The first kappa shape index (κ1) is 20.7. The third-order valence-corrected chi connectivity index (χ3v) is 5.71. The van der Waals surface area contributed by atoms with Crippen LogP contribution in [0, 0.1) is 11.3 Å². The smallest absolute Gasteiger partial charge is 0.337 e. The fourth-order valence-corrected chi connectivity index (χ4v) is 3.95. The molecule has 0 unspecified atom stereocenters. The number of carbonyl (C=O) groups is 1. The molecule has 0 bridgehead atoms. The zero-order valence-electron chi connectivity index (χ0n) is 16.3. The average molecular weight is 451 g/mol. The molecule has 0 aliphatic heterocycles. The minimum absolute atomic E-state index is 0.162. The monoisotopic (exact) mass is 450 g/mol. The largest absolute Gasteiger partial charge is 0.472 e. The van der Waals surface area contributed by atoms with Crippen molar-refractivity contribution in [1.82, 2.24) is 4.98 Å². The SMILES string of the molecule is COC(=O)c1ccc(COc2nc(-c3ccc(Cl)s3)cc(-c3ccco3)c2C#N)cc1. The summed E-state index contributed by atoms with van der Waals surface area (Å²) < 4.78 is 16.8. The van der Waals surface area contributed by atoms with Crippen molar-refractivity contribution in [3.8, 4) is 33.8 Å². The van der Waals surface area contributed by atoms with E-state index in [1.807, 2.05) is 6.07 Å². The molecule has 0 aliphatic rings. The Morgan fingerprint density at radius 2 is 2.03 bits per heavy atom. The van der Waals surface area contributed by atoms with Crippen molar-refractivity contribution < 1.29 is 18.7 Å². The van der Waals surface area contributed by atoms with E-state index in [-0.39, 0.29) is 18.1 Å². The summed E-state index contributed by atoms with van der Waals surface area (Å²) >= 11 is 7.47. The molecule has 0 atom stereocenters. The van der Waals surface area contributed by atoms with Crippen LogP contribution in [0.1, 0.15) is 21.5 Å². The van der Waals surface area contributed by atoms with Crippen LogP contribution < -0.4 is 4.74 Å². The first-order valence-electron chi connectivity index (χ1n) is 9.14. The van der Waals surface area contributed by atoms with Crippen LogP contribution in [0.15, 0.2) is 65.3 Å². The van der Waals surface area contributed by atoms with Crippen LogP contribution in [0.3, 0.4) is 0 Å². The topological polar surface area (TPSA) is 85.3 Å². The Bertz CT molecular complexity index is 1260. The lowest BCUT2D eigenvalue weighted by Crippen LogP contribution is -2.04. The lowest BCUT2D eigenvalue weighted by atomic mass is 10.1. The summed E-state index contributed by atoms with van der Waals surface area (Å²) in [6.45, 7) is 0.162. The van der Waals surface area contributed by atoms with Crippen molar-refractivity contribution in [1.29, 1.82) is 5.26 Å². The van der Waals surface area contributed by atoms with Crippen LogP contribution in [-0.4, -0.2) is 18.1 Å². The van der Waals surface area contributed by atoms with Gasteiger partial charge in [-0.2, -0.15) is 5.26 Å². The number of hydrogen-bond acceptors (Lipinski definition) is 7. The minimum atomic E-state index is -0.411. The number of methoxy groups -OCH3 is 1. The zero-order chi connectivity index (χ0) is 21.8. The van der Waals surface area contributed by atoms with E-state index in [0.29, 0.717) is 26.9 Å². The zero-order valence-corrected chi connectivity index (χ0v) is 17.9. The van der Waals surface area contributed by atoms with E-state index >= 15 is 0 Å². The van der Waals surface area contributed by atoms with Crippen molar-refractivity contribution in [2.75, 3.05) is 7.11 Å². The predicted molar refractivity (Wildman–Crippen MR) is 117 cm³/mol. The summed E-state index contributed by atoms with van der Waals surface area (Å²) in [4.78, 5) is 17.0. The minimum Gasteiger partial charge on any atom is -0.472 e. The standard InChI is InChI=1S/C23H15ClN2O4S/c1-28-23(27)15-6-4-14(5-7-15)13-30-22-17(12-25)16(19-3-2-10-29-19)11-18(26-22)20-8-9-21(24)31-20/h2-11H,13H2,1H3. The summed E-state index contributed by atoms with van der Waals surface area (Å²) in [5, 5.41) is 9.80. The lowest BCUT2D eigenvalue weighted by molar-refractivity contribution is 0.0600. The fraction of sp³-hybridized carbons (Fsp3) is 0.0870. The van der Waals surface area contributed by atoms with E-state index in [9.17, 15) is 10.1 Å². The molecule has 0 spiro atoms. The number of rotatable bonds is 6. The number of halogens is 1. The van der Waals surface area contributed by atoms with Crippen molar-refractivity contribution in [2.45, 2.75) is 6.61 Å². The molecule has 6 nitrogen and oxygen atoms in total. The molecule has 1 aromatic carbocycles. The van der Waals surface area contributed by atoms with Crippen LogP contribution in [-0.2, 0) is 11.3 Å². The van der Waals surface area contributed by atoms with Gasteiger partial charge in [0.25, 0.3) is 0 Å². The number of nitriles is 1. The van der Waals surface area contributed by atoms with Gasteiger partial charge in [-0.1, -0.05) is 23.7 Å². The maximum absolute atomic E-state index is 11.6. The summed E-state index contributed by atoms with van der Waals surface area (Å²) in [7, 11) is 1.33. The third-order valence-electron chi connectivity index (χ3n) is 4.46. The van der Waals surface area contributed by atoms with Gasteiger partial charge in [0.1, 0.15) is 24.0 Å². The van der Waals surface area contributed by atoms with Gasteiger partial charge in [0.2, 0.25) is 5.88 Å². The van der Waals surface area contributed by atoms with Gasteiger partial charge in [-0.3, -0.25) is 0 Å². The van der Waals surface area contributed by atoms with Crippen molar-refractivity contribution in [3.63, 3.8) is 0 Å². The molecule has 0 N–H and O–H groups in total. The molecular formula is C23H15ClN2O4S. The van der Waals surface area contributed by atoms with Gasteiger partial charge in [-0.15, -0.1) is 11.3 Å². The lowest BCUT2D eigenvalue weighted by Gasteiger charge is -2.12. The molecule has 3 aromatic heterocycles. The molecule has 0 saturated heterocycles. The molecule has 0 aliphatic carbocycles. The molecule has 0 amide bonds. The van der Waals surface area contributed by atoms with Crippen molar-refractivity contribution in [2.24, 2.45) is 0 Å². The number of ether oxygens (including phenoxy) is 2. The number of aromatic nitrogens is 1. The molecule has 8 heteroatoms. The first-order valence-corrected chi connectivity index (χ1v) is 10.3. The Morgan fingerprint density at radius 1 is 1.23 bits per heavy atom. The second-order valence-corrected chi connectivity index (χ2v) is 8.12. The van der Waals surface area contributed by atoms with Gasteiger partial charge in [-0.25, -0.2) is 9.78 Å². The van der Waals surface area contributed by atoms with Gasteiger partial charge in [0.05, 0.1) is 33.8 Å². The fourth-order valence-electron chi connectivity index (χ4n) is 2.95. The second kappa shape index (κ2) is 9.04. The normalized spacial score (nSPS) is 10.5. The van der Waals surface area contributed by atoms with E-state index in [1.165, 1.54) is 18.4 Å². The van der Waals surface area contributed by atoms with E-state index in [2.05, 4.69) is 11.1 Å². The van der Waals surface area contributed by atoms with Gasteiger partial charge >= 0.3 is 5.97 Å². The van der Waals surface area contributed by atoms with Gasteiger partial charge in [-0.05, 0) is 48.0 Å². The summed E-state index contributed by atoms with van der Waals surface area (Å²) in [6.07, 6.45) is 1.54. The second-order valence-electron chi connectivity index (χ2n) is 6.41. The quantitative estimate of drug-likeness (QED) is 0.337. The molecule has 31 heavy (non-hydrogen) atoms. The Hall–Kier alpha value is -3.60. The number of benzene rings is 1. The molecule has 4 rings (SSSR count). The third kappa shape index (κ3) is 4.45. The highest BCUT2D eigenvalue weighted by molar-refractivity contribution is 7.19. The number of pyridine rings is 1. The van der Waals surface area contributed by atoms with Crippen LogP contribution >= 0.6 is 22.9 Å². The molecule has 0 saturated carbocycles. The maximum atomic E-state index is 11.6. The maximum Gasteiger partial charge on any atom is 0.337 e. The van der Waals surface area contributed by atoms with Crippen molar-refractivity contribution >= 4 is 28.9 Å². The highest BCUT2D eigenvalue weighted by Crippen LogP contribution is 2.37. The Balaban J connectivity index is 1.69. The molecule has 3 heterocycles. The van der Waals surface area contributed by atoms with Crippen LogP contribution in [0.2, 0.25) is 4.34 Å². The van der Waals surface area contributed by atoms with Crippen LogP contribution in [0.25, 0.3) is 21.9 Å².